The molecule has 0 aromatic heterocycles. The molecule has 16 heavy (non-hydrogen) atoms. The summed E-state index contributed by atoms with van der Waals surface area (Å²) in [6.45, 7) is -0.652. The first kappa shape index (κ1) is 12.6. The summed E-state index contributed by atoms with van der Waals surface area (Å²) in [5, 5.41) is 12.6. The van der Waals surface area contributed by atoms with Crippen LogP contribution >= 0.6 is 0 Å². The normalized spacial score (nSPS) is 26.1. The first-order valence-electron chi connectivity index (χ1n) is 4.44. The monoisotopic (exact) mass is 238 g/mol. The maximum Gasteiger partial charge on any atom is 0.471 e. The van der Waals surface area contributed by atoms with Crippen molar-refractivity contribution in [2.24, 2.45) is 5.11 Å². The molecule has 90 valence electrons. The number of aliphatic hydroxyl groups is 1. The molecule has 6 nitrogen and oxygen atoms in total. The number of β-amino-alcohol motifs (C(OH)–C–C–N with tert-alkyl or cyclic N) is 1. The van der Waals surface area contributed by atoms with Gasteiger partial charge in [0.15, 0.2) is 0 Å². The zero-order valence-corrected chi connectivity index (χ0v) is 8.05. The molecule has 0 bridgehead atoms. The second kappa shape index (κ2) is 4.58. The Kier molecular flexibility index (Phi) is 3.61. The van der Waals surface area contributed by atoms with Gasteiger partial charge >= 0.3 is 12.1 Å². The van der Waals surface area contributed by atoms with E-state index in [1.165, 1.54) is 0 Å². The summed E-state index contributed by atoms with van der Waals surface area (Å²) in [7, 11) is 0. The van der Waals surface area contributed by atoms with Gasteiger partial charge in [0.25, 0.3) is 0 Å². The summed E-state index contributed by atoms with van der Waals surface area (Å²) in [6, 6.07) is -0.776. The maximum atomic E-state index is 12.1. The molecule has 0 spiro atoms. The van der Waals surface area contributed by atoms with E-state index in [1.807, 2.05) is 0 Å². The predicted molar refractivity (Wildman–Crippen MR) is 46.2 cm³/mol. The summed E-state index contributed by atoms with van der Waals surface area (Å²) >= 11 is 0. The zero-order chi connectivity index (χ0) is 12.3. The van der Waals surface area contributed by atoms with Gasteiger partial charge < -0.3 is 10.0 Å². The van der Waals surface area contributed by atoms with Gasteiger partial charge in [0.2, 0.25) is 0 Å². The molecule has 1 aliphatic heterocycles. The van der Waals surface area contributed by atoms with Gasteiger partial charge in [-0.25, -0.2) is 0 Å². The minimum absolute atomic E-state index is 0.0209. The van der Waals surface area contributed by atoms with Crippen LogP contribution in [-0.2, 0) is 4.79 Å². The van der Waals surface area contributed by atoms with E-state index < -0.39 is 30.8 Å². The molecular formula is C7H9F3N4O2. The lowest BCUT2D eigenvalue weighted by Gasteiger charge is -2.34. The molecule has 0 saturated carbocycles. The number of alkyl halides is 3. The molecule has 1 aliphatic rings. The molecule has 9 heteroatoms. The Labute approximate surface area is 88.3 Å². The number of amides is 1. The highest BCUT2D eigenvalue weighted by Crippen LogP contribution is 2.22. The van der Waals surface area contributed by atoms with E-state index in [2.05, 4.69) is 10.0 Å². The third-order valence-electron chi connectivity index (χ3n) is 2.28. The molecule has 1 fully saturated rings. The van der Waals surface area contributed by atoms with Crippen LogP contribution in [0.4, 0.5) is 13.2 Å². The van der Waals surface area contributed by atoms with Gasteiger partial charge in [0.05, 0.1) is 12.1 Å². The highest BCUT2D eigenvalue weighted by atomic mass is 19.4. The molecule has 0 aromatic carbocycles. The minimum atomic E-state index is -4.94. The fourth-order valence-electron chi connectivity index (χ4n) is 1.48. The number of halogens is 3. The Balaban J connectivity index is 2.65. The Morgan fingerprint density at radius 1 is 1.56 bits per heavy atom. The zero-order valence-electron chi connectivity index (χ0n) is 8.05. The maximum absolute atomic E-state index is 12.1. The highest BCUT2D eigenvalue weighted by molar-refractivity contribution is 5.82. The van der Waals surface area contributed by atoms with Crippen molar-refractivity contribution in [2.45, 2.75) is 24.7 Å². The summed E-state index contributed by atoms with van der Waals surface area (Å²) in [6.07, 6.45) is -6.17. The minimum Gasteiger partial charge on any atom is -0.391 e. The first-order valence-corrected chi connectivity index (χ1v) is 4.44. The van der Waals surface area contributed by atoms with E-state index >= 15 is 0 Å². The van der Waals surface area contributed by atoms with Crippen LogP contribution in [0.3, 0.4) is 0 Å². The smallest absolute Gasteiger partial charge is 0.391 e. The molecule has 1 amide bonds. The molecule has 2 atom stereocenters. The van der Waals surface area contributed by atoms with E-state index in [4.69, 9.17) is 5.53 Å². The molecule has 0 radical (unpaired) electrons. The Hall–Kier alpha value is -1.47. The number of aliphatic hydroxyl groups excluding tert-OH is 1. The molecular weight excluding hydrogens is 229 g/mol. The number of nitrogens with zero attached hydrogens (tertiary/aromatic N) is 4. The first-order chi connectivity index (χ1) is 7.36. The van der Waals surface area contributed by atoms with Crippen molar-refractivity contribution < 1.29 is 23.1 Å². The summed E-state index contributed by atoms with van der Waals surface area (Å²) < 4.78 is 36.2. The van der Waals surface area contributed by atoms with E-state index in [-0.39, 0.29) is 13.0 Å². The molecule has 0 unspecified atom stereocenters. The predicted octanol–water partition coefficient (Wildman–Crippen LogP) is 0.821. The fourth-order valence-corrected chi connectivity index (χ4v) is 1.48. The van der Waals surface area contributed by atoms with Gasteiger partial charge in [-0.05, 0) is 12.0 Å². The van der Waals surface area contributed by atoms with Crippen molar-refractivity contribution in [3.05, 3.63) is 10.4 Å². The van der Waals surface area contributed by atoms with Crippen molar-refractivity contribution in [3.63, 3.8) is 0 Å². The van der Waals surface area contributed by atoms with Crippen LogP contribution in [0.5, 0.6) is 0 Å². The number of rotatable bonds is 1. The second-order valence-electron chi connectivity index (χ2n) is 3.38. The molecule has 1 heterocycles. The Morgan fingerprint density at radius 2 is 2.19 bits per heavy atom. The molecule has 1 rings (SSSR count). The average molecular weight is 238 g/mol. The summed E-state index contributed by atoms with van der Waals surface area (Å²) in [4.78, 5) is 13.8. The van der Waals surface area contributed by atoms with Crippen molar-refractivity contribution >= 4 is 5.91 Å². The molecule has 0 aromatic rings. The van der Waals surface area contributed by atoms with Crippen LogP contribution in [0.25, 0.3) is 10.4 Å². The lowest BCUT2D eigenvalue weighted by atomic mass is 10.0. The van der Waals surface area contributed by atoms with Crippen LogP contribution in [-0.4, -0.2) is 47.3 Å². The summed E-state index contributed by atoms with van der Waals surface area (Å²) in [5.74, 6) is -1.98. The second-order valence-corrected chi connectivity index (χ2v) is 3.38. The van der Waals surface area contributed by atoms with Gasteiger partial charge in [0, 0.05) is 18.0 Å². The lowest BCUT2D eigenvalue weighted by Crippen LogP contribution is -2.52. The van der Waals surface area contributed by atoms with E-state index in [0.717, 1.165) is 0 Å². The van der Waals surface area contributed by atoms with Crippen molar-refractivity contribution in [1.29, 1.82) is 0 Å². The number of azide groups is 1. The third-order valence-corrected chi connectivity index (χ3v) is 2.28. The van der Waals surface area contributed by atoms with Gasteiger partial charge in [-0.3, -0.25) is 4.79 Å². The number of hydrogen-bond donors (Lipinski definition) is 1. The van der Waals surface area contributed by atoms with Crippen molar-refractivity contribution in [3.8, 4) is 0 Å². The van der Waals surface area contributed by atoms with E-state index in [9.17, 15) is 23.1 Å². The Morgan fingerprint density at radius 3 is 2.62 bits per heavy atom. The number of likely N-dealkylation sites (tertiary alicyclic amines) is 1. The van der Waals surface area contributed by atoms with Crippen molar-refractivity contribution in [1.82, 2.24) is 4.90 Å². The summed E-state index contributed by atoms with van der Waals surface area (Å²) in [5.41, 5.74) is 8.13. The van der Waals surface area contributed by atoms with Crippen LogP contribution in [0.15, 0.2) is 5.11 Å². The van der Waals surface area contributed by atoms with Crippen molar-refractivity contribution in [2.75, 3.05) is 13.1 Å². The standard InChI is InChI=1S/C7H9F3N4O2/c8-7(9,10)6(16)14-2-1-4(12-13-11)5(15)3-14/h4-5,15H,1-3H2/t4-,5+/m1/s1. The van der Waals surface area contributed by atoms with E-state index in [1.54, 1.807) is 0 Å². The fraction of sp³-hybridized carbons (Fsp3) is 0.857. The van der Waals surface area contributed by atoms with Crippen LogP contribution in [0.1, 0.15) is 6.42 Å². The van der Waals surface area contributed by atoms with Crippen LogP contribution in [0, 0.1) is 0 Å². The molecule has 1 saturated heterocycles. The average Bonchev–Trinajstić information content (AvgIpc) is 2.19. The molecule has 0 aliphatic carbocycles. The van der Waals surface area contributed by atoms with E-state index in [0.29, 0.717) is 4.90 Å². The number of hydrogen-bond acceptors (Lipinski definition) is 3. The highest BCUT2D eigenvalue weighted by Gasteiger charge is 2.44. The topological polar surface area (TPSA) is 89.3 Å². The van der Waals surface area contributed by atoms with Gasteiger partial charge in [-0.15, -0.1) is 0 Å². The quantitative estimate of drug-likeness (QED) is 0.416. The Bertz CT molecular complexity index is 326. The number of carbonyl (C=O) groups excluding carboxylic acids is 1. The SMILES string of the molecule is [N-]=[N+]=N[C@@H]1CCN(C(=O)C(F)(F)F)C[C@@H]1O. The third kappa shape index (κ3) is 2.77. The van der Waals surface area contributed by atoms with Gasteiger partial charge in [-0.1, -0.05) is 5.11 Å². The van der Waals surface area contributed by atoms with Gasteiger partial charge in [0.1, 0.15) is 0 Å². The van der Waals surface area contributed by atoms with Crippen LogP contribution in [0.2, 0.25) is 0 Å². The number of piperidine rings is 1. The lowest BCUT2D eigenvalue weighted by molar-refractivity contribution is -0.188. The van der Waals surface area contributed by atoms with Gasteiger partial charge in [-0.2, -0.15) is 13.2 Å². The number of carbonyl (C=O) groups is 1. The van der Waals surface area contributed by atoms with Crippen LogP contribution < -0.4 is 0 Å². The largest absolute Gasteiger partial charge is 0.471 e. The molecule has 1 N–H and O–H groups in total.